The van der Waals surface area contributed by atoms with Crippen molar-refractivity contribution in [2.45, 2.75) is 13.8 Å². The highest BCUT2D eigenvalue weighted by molar-refractivity contribution is 5.91. The maximum atomic E-state index is 13.4. The second-order valence-electron chi connectivity index (χ2n) is 8.53. The van der Waals surface area contributed by atoms with Crippen molar-refractivity contribution in [3.63, 3.8) is 0 Å². The molecule has 0 saturated carbocycles. The summed E-state index contributed by atoms with van der Waals surface area (Å²) >= 11 is 0. The number of imidazole rings is 1. The molecule has 0 fully saturated rings. The van der Waals surface area contributed by atoms with Crippen molar-refractivity contribution in [3.05, 3.63) is 102 Å². The standard InChI is InChI=1S/C29H21FN5O/c1-17-13-22-18(2)28(23-15-33-27(30)16-32-23)36-26(22)14-21(17)29-34(4)24-7-5-6-8-25(24)35(29)20-11-9-19(31-3)10-12-20/h5-16H,1-2,4H3/q+1/i2D3. The third-order valence-electron chi connectivity index (χ3n) is 6.38. The summed E-state index contributed by atoms with van der Waals surface area (Å²) in [5.41, 5.74) is 5.55. The quantitative estimate of drug-likeness (QED) is 0.212. The molecule has 6 nitrogen and oxygen atoms in total. The highest BCUT2D eigenvalue weighted by Crippen LogP contribution is 2.37. The number of rotatable bonds is 3. The number of para-hydroxylation sites is 2. The molecule has 174 valence electrons. The van der Waals surface area contributed by atoms with Crippen LogP contribution < -0.4 is 4.57 Å². The van der Waals surface area contributed by atoms with Gasteiger partial charge in [-0.2, -0.15) is 8.96 Å². The fraction of sp³-hybridized carbons (Fsp3) is 0.103. The van der Waals surface area contributed by atoms with Crippen molar-refractivity contribution < 1.29 is 17.5 Å². The summed E-state index contributed by atoms with van der Waals surface area (Å²) in [5.74, 6) is 0.114. The molecule has 0 atom stereocenters. The van der Waals surface area contributed by atoms with Crippen LogP contribution in [0.15, 0.2) is 77.5 Å². The van der Waals surface area contributed by atoms with Gasteiger partial charge in [0.1, 0.15) is 17.0 Å². The highest BCUT2D eigenvalue weighted by Gasteiger charge is 2.28. The lowest BCUT2D eigenvalue weighted by Crippen LogP contribution is -2.30. The summed E-state index contributed by atoms with van der Waals surface area (Å²) in [6, 6.07) is 19.0. The summed E-state index contributed by atoms with van der Waals surface area (Å²) in [7, 11) is 1.97. The van der Waals surface area contributed by atoms with E-state index in [2.05, 4.69) is 23.9 Å². The fourth-order valence-electron chi connectivity index (χ4n) is 4.66. The normalized spacial score (nSPS) is 12.9. The summed E-state index contributed by atoms with van der Waals surface area (Å²) < 4.78 is 48.4. The molecule has 0 unspecified atom stereocenters. The van der Waals surface area contributed by atoms with Crippen molar-refractivity contribution >= 4 is 27.7 Å². The zero-order chi connectivity index (χ0) is 27.5. The maximum Gasteiger partial charge on any atom is 0.295 e. The molecule has 0 amide bonds. The van der Waals surface area contributed by atoms with E-state index in [4.69, 9.17) is 15.1 Å². The van der Waals surface area contributed by atoms with Crippen LogP contribution in [0.4, 0.5) is 10.1 Å². The first-order valence-electron chi connectivity index (χ1n) is 12.7. The van der Waals surface area contributed by atoms with Gasteiger partial charge in [-0.1, -0.05) is 24.3 Å². The van der Waals surface area contributed by atoms with Gasteiger partial charge in [0.05, 0.1) is 31.6 Å². The van der Waals surface area contributed by atoms with Crippen LogP contribution in [-0.2, 0) is 7.05 Å². The summed E-state index contributed by atoms with van der Waals surface area (Å²) in [6.45, 7) is 6.73. The smallest absolute Gasteiger partial charge is 0.295 e. The fourth-order valence-corrected chi connectivity index (χ4v) is 4.66. The number of hydrogen-bond donors (Lipinski definition) is 0. The van der Waals surface area contributed by atoms with Crippen molar-refractivity contribution in [3.8, 4) is 28.5 Å². The molecule has 3 aromatic carbocycles. The van der Waals surface area contributed by atoms with Gasteiger partial charge in [-0.25, -0.2) is 19.4 Å². The summed E-state index contributed by atoms with van der Waals surface area (Å²) in [4.78, 5) is 11.2. The number of halogens is 1. The predicted molar refractivity (Wildman–Crippen MR) is 136 cm³/mol. The SMILES string of the molecule is [2H]C([2H])([2H])c1c(-c2cnc(F)cn2)oc2cc(-c3n(-c4ccc([N+]#[C-])cc4)c4ccccc4[n+]3C)c(C)cc12. The predicted octanol–water partition coefficient (Wildman–Crippen LogP) is 6.63. The molecule has 3 aromatic heterocycles. The van der Waals surface area contributed by atoms with Crippen LogP contribution in [0.2, 0.25) is 0 Å². The number of hydrogen-bond acceptors (Lipinski definition) is 3. The summed E-state index contributed by atoms with van der Waals surface area (Å²) in [5, 5.41) is 0.434. The van der Waals surface area contributed by atoms with Gasteiger partial charge in [0, 0.05) is 15.1 Å². The minimum Gasteiger partial charge on any atom is -0.454 e. The highest BCUT2D eigenvalue weighted by atomic mass is 19.1. The second kappa shape index (κ2) is 8.14. The first-order chi connectivity index (χ1) is 18.7. The maximum absolute atomic E-state index is 13.4. The van der Waals surface area contributed by atoms with Crippen LogP contribution in [-0.4, -0.2) is 14.5 Å². The van der Waals surface area contributed by atoms with Gasteiger partial charge in [-0.3, -0.25) is 0 Å². The van der Waals surface area contributed by atoms with Gasteiger partial charge in [-0.05, 0) is 55.7 Å². The molecule has 0 aliphatic carbocycles. The third-order valence-corrected chi connectivity index (χ3v) is 6.38. The molecule has 0 spiro atoms. The van der Waals surface area contributed by atoms with E-state index in [1.807, 2.05) is 56.4 Å². The Morgan fingerprint density at radius 2 is 1.89 bits per heavy atom. The molecule has 0 aliphatic heterocycles. The van der Waals surface area contributed by atoms with Gasteiger partial charge < -0.3 is 4.42 Å². The monoisotopic (exact) mass is 477 g/mol. The Morgan fingerprint density at radius 1 is 1.08 bits per heavy atom. The largest absolute Gasteiger partial charge is 0.454 e. The van der Waals surface area contributed by atoms with E-state index < -0.39 is 12.8 Å². The van der Waals surface area contributed by atoms with Crippen molar-refractivity contribution in [1.82, 2.24) is 14.5 Å². The molecule has 0 saturated heterocycles. The molecular weight excluding hydrogens is 453 g/mol. The van der Waals surface area contributed by atoms with Crippen LogP contribution in [0.3, 0.4) is 0 Å². The van der Waals surface area contributed by atoms with Crippen molar-refractivity contribution in [2.75, 3.05) is 0 Å². The van der Waals surface area contributed by atoms with Crippen LogP contribution in [0.5, 0.6) is 0 Å². The van der Waals surface area contributed by atoms with E-state index >= 15 is 0 Å². The first kappa shape index (κ1) is 18.5. The van der Waals surface area contributed by atoms with Crippen LogP contribution in [0.1, 0.15) is 15.2 Å². The Morgan fingerprint density at radius 3 is 2.61 bits per heavy atom. The van der Waals surface area contributed by atoms with E-state index in [9.17, 15) is 4.39 Å². The van der Waals surface area contributed by atoms with Crippen molar-refractivity contribution in [2.24, 2.45) is 7.05 Å². The molecule has 0 aliphatic rings. The van der Waals surface area contributed by atoms with Gasteiger partial charge in [0.2, 0.25) is 5.95 Å². The lowest BCUT2D eigenvalue weighted by atomic mass is 10.0. The van der Waals surface area contributed by atoms with Crippen LogP contribution >= 0.6 is 0 Å². The molecule has 36 heavy (non-hydrogen) atoms. The number of fused-ring (bicyclic) bond motifs is 2. The van der Waals surface area contributed by atoms with E-state index in [-0.39, 0.29) is 17.0 Å². The minimum absolute atomic E-state index is 0.00714. The number of benzene rings is 3. The zero-order valence-electron chi connectivity index (χ0n) is 22.5. The molecule has 6 rings (SSSR count). The van der Waals surface area contributed by atoms with E-state index in [0.29, 0.717) is 16.7 Å². The van der Waals surface area contributed by atoms with E-state index in [0.717, 1.165) is 39.9 Å². The Hall–Kier alpha value is -4.83. The molecule has 0 N–H and O–H groups in total. The number of furan rings is 1. The Balaban J connectivity index is 1.65. The van der Waals surface area contributed by atoms with E-state index in [1.165, 1.54) is 6.20 Å². The number of nitrogens with zero attached hydrogens (tertiary/aromatic N) is 5. The first-order valence-corrected chi connectivity index (χ1v) is 11.2. The molecule has 3 heterocycles. The molecule has 0 bridgehead atoms. The van der Waals surface area contributed by atoms with Crippen LogP contribution in [0.25, 0.3) is 55.4 Å². The third kappa shape index (κ3) is 3.27. The molecule has 7 heteroatoms. The lowest BCUT2D eigenvalue weighted by Gasteiger charge is -2.07. The number of aromatic nitrogens is 4. The molecule has 6 aromatic rings. The second-order valence-corrected chi connectivity index (χ2v) is 8.53. The Labute approximate surface area is 210 Å². The molecular formula is C29H21FN5O+. The van der Waals surface area contributed by atoms with Gasteiger partial charge in [-0.15, -0.1) is 0 Å². The molecule has 0 radical (unpaired) electrons. The lowest BCUT2D eigenvalue weighted by molar-refractivity contribution is -0.633. The van der Waals surface area contributed by atoms with Crippen molar-refractivity contribution in [1.29, 1.82) is 0 Å². The zero-order valence-corrected chi connectivity index (χ0v) is 19.5. The summed E-state index contributed by atoms with van der Waals surface area (Å²) in [6.07, 6.45) is 2.10. The average molecular weight is 478 g/mol. The van der Waals surface area contributed by atoms with Gasteiger partial charge in [0.15, 0.2) is 22.5 Å². The number of aryl methyl sites for hydroxylation is 3. The Kier molecular flexibility index (Phi) is 4.18. The van der Waals surface area contributed by atoms with Crippen LogP contribution in [0, 0.1) is 26.3 Å². The van der Waals surface area contributed by atoms with Gasteiger partial charge >= 0.3 is 0 Å². The van der Waals surface area contributed by atoms with Gasteiger partial charge in [0.25, 0.3) is 5.82 Å². The average Bonchev–Trinajstić information content (AvgIpc) is 3.44. The topological polar surface area (TPSA) is 52.1 Å². The Bertz CT molecular complexity index is 1930. The minimum atomic E-state index is -2.51. The van der Waals surface area contributed by atoms with E-state index in [1.54, 1.807) is 18.2 Å².